The van der Waals surface area contributed by atoms with Gasteiger partial charge < -0.3 is 15.5 Å². The van der Waals surface area contributed by atoms with Gasteiger partial charge in [0.1, 0.15) is 6.04 Å². The van der Waals surface area contributed by atoms with Gasteiger partial charge in [0.2, 0.25) is 5.91 Å². The number of aromatic nitrogens is 1. The molecule has 1 aromatic heterocycles. The first kappa shape index (κ1) is 17.2. The van der Waals surface area contributed by atoms with E-state index in [0.717, 1.165) is 37.2 Å². The molecule has 3 amide bonds. The number of amides is 3. The highest BCUT2D eigenvalue weighted by atomic mass is 16.2. The first-order valence-electron chi connectivity index (χ1n) is 8.24. The van der Waals surface area contributed by atoms with Gasteiger partial charge in [-0.2, -0.15) is 0 Å². The molecule has 126 valence electrons. The lowest BCUT2D eigenvalue weighted by Crippen LogP contribution is -2.53. The Morgan fingerprint density at radius 1 is 1.39 bits per heavy atom. The monoisotopic (exact) mass is 318 g/mol. The van der Waals surface area contributed by atoms with Crippen molar-refractivity contribution in [1.82, 2.24) is 20.5 Å². The van der Waals surface area contributed by atoms with E-state index < -0.39 is 6.04 Å². The number of likely N-dealkylation sites (tertiary alicyclic amines) is 1. The summed E-state index contributed by atoms with van der Waals surface area (Å²) < 4.78 is 0. The van der Waals surface area contributed by atoms with E-state index in [1.807, 2.05) is 30.0 Å². The molecule has 2 rings (SSSR count). The molecule has 1 aliphatic rings. The van der Waals surface area contributed by atoms with Gasteiger partial charge in [0, 0.05) is 18.3 Å². The smallest absolute Gasteiger partial charge is 0.315 e. The van der Waals surface area contributed by atoms with Crippen LogP contribution in [-0.4, -0.2) is 40.5 Å². The molecule has 23 heavy (non-hydrogen) atoms. The van der Waals surface area contributed by atoms with E-state index in [2.05, 4.69) is 22.5 Å². The number of nitrogens with one attached hydrogen (secondary N) is 2. The minimum absolute atomic E-state index is 0.0129. The van der Waals surface area contributed by atoms with E-state index in [9.17, 15) is 9.59 Å². The summed E-state index contributed by atoms with van der Waals surface area (Å²) >= 11 is 0. The van der Waals surface area contributed by atoms with Crippen molar-refractivity contribution in [1.29, 1.82) is 0 Å². The van der Waals surface area contributed by atoms with Gasteiger partial charge in [-0.05, 0) is 52.2 Å². The second-order valence-corrected chi connectivity index (χ2v) is 6.20. The predicted molar refractivity (Wildman–Crippen MR) is 88.8 cm³/mol. The molecule has 0 bridgehead atoms. The summed E-state index contributed by atoms with van der Waals surface area (Å²) in [6.07, 6.45) is 3.23. The van der Waals surface area contributed by atoms with Gasteiger partial charge in [0.15, 0.2) is 0 Å². The second-order valence-electron chi connectivity index (χ2n) is 6.20. The zero-order chi connectivity index (χ0) is 16.8. The Labute approximate surface area is 137 Å². The van der Waals surface area contributed by atoms with Crippen LogP contribution in [0.25, 0.3) is 0 Å². The molecular weight excluding hydrogens is 292 g/mol. The van der Waals surface area contributed by atoms with Crippen molar-refractivity contribution in [2.45, 2.75) is 58.7 Å². The largest absolute Gasteiger partial charge is 0.338 e. The number of pyridine rings is 1. The quantitative estimate of drug-likeness (QED) is 0.891. The van der Waals surface area contributed by atoms with Gasteiger partial charge in [-0.25, -0.2) is 4.79 Å². The fourth-order valence-corrected chi connectivity index (χ4v) is 2.85. The van der Waals surface area contributed by atoms with Crippen molar-refractivity contribution in [3.63, 3.8) is 0 Å². The predicted octanol–water partition coefficient (Wildman–Crippen LogP) is 1.98. The molecule has 0 saturated carbocycles. The Morgan fingerprint density at radius 2 is 2.17 bits per heavy atom. The number of hydrogen-bond acceptors (Lipinski definition) is 3. The maximum absolute atomic E-state index is 12.4. The van der Waals surface area contributed by atoms with Crippen LogP contribution in [0.4, 0.5) is 4.79 Å². The Kier molecular flexibility index (Phi) is 5.96. The molecule has 6 nitrogen and oxygen atoms in total. The van der Waals surface area contributed by atoms with Gasteiger partial charge in [-0.3, -0.25) is 9.78 Å². The standard InChI is InChI=1S/C17H26N4O2/c1-12-7-6-9-15(19-12)11-18-17(23)20-14(3)16(22)21-10-5-4-8-13(21)2/h6-7,9,13-14H,4-5,8,10-11H2,1-3H3,(H2,18,20,23). The van der Waals surface area contributed by atoms with E-state index in [-0.39, 0.29) is 18.0 Å². The number of nitrogens with zero attached hydrogens (tertiary/aromatic N) is 2. The molecule has 1 saturated heterocycles. The van der Waals surface area contributed by atoms with Crippen molar-refractivity contribution in [2.75, 3.05) is 6.54 Å². The fourth-order valence-electron chi connectivity index (χ4n) is 2.85. The topological polar surface area (TPSA) is 74.3 Å². The summed E-state index contributed by atoms with van der Waals surface area (Å²) in [6.45, 7) is 6.82. The lowest BCUT2D eigenvalue weighted by molar-refractivity contribution is -0.136. The molecule has 1 aliphatic heterocycles. The molecule has 2 N–H and O–H groups in total. The number of rotatable bonds is 4. The van der Waals surface area contributed by atoms with Crippen LogP contribution in [0.3, 0.4) is 0 Å². The van der Waals surface area contributed by atoms with Gasteiger partial charge in [0.25, 0.3) is 0 Å². The summed E-state index contributed by atoms with van der Waals surface area (Å²) in [6, 6.07) is 5.04. The van der Waals surface area contributed by atoms with Crippen LogP contribution in [0, 0.1) is 6.92 Å². The summed E-state index contributed by atoms with van der Waals surface area (Å²) in [4.78, 5) is 30.6. The number of carbonyl (C=O) groups is 2. The van der Waals surface area contributed by atoms with Crippen LogP contribution in [0.5, 0.6) is 0 Å². The molecule has 0 aliphatic carbocycles. The Bertz CT molecular complexity index is 561. The molecule has 2 heterocycles. The highest BCUT2D eigenvalue weighted by Crippen LogP contribution is 2.17. The summed E-state index contributed by atoms with van der Waals surface area (Å²) in [7, 11) is 0. The number of hydrogen-bond donors (Lipinski definition) is 2. The Balaban J connectivity index is 1.80. The zero-order valence-electron chi connectivity index (χ0n) is 14.1. The number of urea groups is 1. The summed E-state index contributed by atoms with van der Waals surface area (Å²) in [5.41, 5.74) is 1.70. The molecule has 2 atom stereocenters. The van der Waals surface area contributed by atoms with E-state index in [0.29, 0.717) is 6.54 Å². The normalized spacial score (nSPS) is 19.1. The highest BCUT2D eigenvalue weighted by Gasteiger charge is 2.27. The first-order valence-corrected chi connectivity index (χ1v) is 8.24. The van der Waals surface area contributed by atoms with Crippen LogP contribution >= 0.6 is 0 Å². The molecule has 2 unspecified atom stereocenters. The van der Waals surface area contributed by atoms with Gasteiger partial charge in [-0.1, -0.05) is 6.07 Å². The number of carbonyl (C=O) groups excluding carboxylic acids is 2. The SMILES string of the molecule is Cc1cccc(CNC(=O)NC(C)C(=O)N2CCCCC2C)n1. The highest BCUT2D eigenvalue weighted by molar-refractivity contribution is 5.86. The third-order valence-corrected chi connectivity index (χ3v) is 4.18. The summed E-state index contributed by atoms with van der Waals surface area (Å²) in [5.74, 6) is -0.0129. The van der Waals surface area contributed by atoms with Crippen LogP contribution in [0.1, 0.15) is 44.5 Å². The van der Waals surface area contributed by atoms with Crippen molar-refractivity contribution < 1.29 is 9.59 Å². The second kappa shape index (κ2) is 7.94. The fraction of sp³-hybridized carbons (Fsp3) is 0.588. The molecule has 1 aromatic rings. The maximum Gasteiger partial charge on any atom is 0.315 e. The average molecular weight is 318 g/mol. The molecule has 0 radical (unpaired) electrons. The van der Waals surface area contributed by atoms with E-state index in [4.69, 9.17) is 0 Å². The van der Waals surface area contributed by atoms with Gasteiger partial charge >= 0.3 is 6.03 Å². The van der Waals surface area contributed by atoms with Crippen LogP contribution in [0.2, 0.25) is 0 Å². The third kappa shape index (κ3) is 4.94. The minimum Gasteiger partial charge on any atom is -0.338 e. The van der Waals surface area contributed by atoms with Crippen LogP contribution in [0.15, 0.2) is 18.2 Å². The Morgan fingerprint density at radius 3 is 2.87 bits per heavy atom. The maximum atomic E-state index is 12.4. The lowest BCUT2D eigenvalue weighted by Gasteiger charge is -2.35. The lowest BCUT2D eigenvalue weighted by atomic mass is 10.0. The van der Waals surface area contributed by atoms with E-state index >= 15 is 0 Å². The molecule has 0 aromatic carbocycles. The molecular formula is C17H26N4O2. The zero-order valence-corrected chi connectivity index (χ0v) is 14.1. The first-order chi connectivity index (χ1) is 11.0. The summed E-state index contributed by atoms with van der Waals surface area (Å²) in [5, 5.41) is 5.46. The molecule has 1 fully saturated rings. The van der Waals surface area contributed by atoms with E-state index in [1.165, 1.54) is 0 Å². The average Bonchev–Trinajstić information content (AvgIpc) is 2.53. The minimum atomic E-state index is -0.527. The number of piperidine rings is 1. The number of aryl methyl sites for hydroxylation is 1. The van der Waals surface area contributed by atoms with Crippen molar-refractivity contribution in [3.05, 3.63) is 29.6 Å². The Hall–Kier alpha value is -2.11. The molecule has 6 heteroatoms. The van der Waals surface area contributed by atoms with Gasteiger partial charge in [-0.15, -0.1) is 0 Å². The van der Waals surface area contributed by atoms with Gasteiger partial charge in [0.05, 0.1) is 12.2 Å². The van der Waals surface area contributed by atoms with Crippen molar-refractivity contribution >= 4 is 11.9 Å². The van der Waals surface area contributed by atoms with E-state index in [1.54, 1.807) is 6.92 Å². The molecule has 0 spiro atoms. The van der Waals surface area contributed by atoms with Crippen LogP contribution in [-0.2, 0) is 11.3 Å². The van der Waals surface area contributed by atoms with Crippen LogP contribution < -0.4 is 10.6 Å². The van der Waals surface area contributed by atoms with Crippen molar-refractivity contribution in [2.24, 2.45) is 0 Å². The third-order valence-electron chi connectivity index (χ3n) is 4.18. The van der Waals surface area contributed by atoms with Crippen molar-refractivity contribution in [3.8, 4) is 0 Å².